The Morgan fingerprint density at radius 1 is 1.04 bits per heavy atom. The Labute approximate surface area is 160 Å². The number of anilines is 1. The molecule has 0 aromatic heterocycles. The van der Waals surface area contributed by atoms with Gasteiger partial charge in [0, 0.05) is 31.1 Å². The summed E-state index contributed by atoms with van der Waals surface area (Å²) in [6, 6.07) is 17.4. The summed E-state index contributed by atoms with van der Waals surface area (Å²) in [6.45, 7) is 3.71. The van der Waals surface area contributed by atoms with Crippen molar-refractivity contribution in [2.75, 3.05) is 18.4 Å². The van der Waals surface area contributed by atoms with E-state index >= 15 is 0 Å². The fraction of sp³-hybridized carbons (Fsp3) is 0.364. The van der Waals surface area contributed by atoms with Crippen LogP contribution in [0.15, 0.2) is 54.6 Å². The van der Waals surface area contributed by atoms with Crippen LogP contribution in [0.25, 0.3) is 0 Å². The number of carbonyl (C=O) groups excluding carboxylic acids is 2. The molecular formula is C22H26N2O3. The van der Waals surface area contributed by atoms with Gasteiger partial charge in [0.25, 0.3) is 0 Å². The molecule has 2 amide bonds. The van der Waals surface area contributed by atoms with Gasteiger partial charge >= 0.3 is 0 Å². The quantitative estimate of drug-likeness (QED) is 0.845. The van der Waals surface area contributed by atoms with Crippen molar-refractivity contribution in [3.63, 3.8) is 0 Å². The minimum absolute atomic E-state index is 0.0246. The van der Waals surface area contributed by atoms with E-state index in [9.17, 15) is 9.59 Å². The lowest BCUT2D eigenvalue weighted by molar-refractivity contribution is -0.134. The Bertz CT molecular complexity index is 751. The zero-order valence-electron chi connectivity index (χ0n) is 15.7. The van der Waals surface area contributed by atoms with Crippen LogP contribution in [0.3, 0.4) is 0 Å². The normalized spacial score (nSPS) is 14.6. The highest BCUT2D eigenvalue weighted by atomic mass is 16.5. The summed E-state index contributed by atoms with van der Waals surface area (Å²) >= 11 is 0. The molecular weight excluding hydrogens is 340 g/mol. The van der Waals surface area contributed by atoms with Gasteiger partial charge in [-0.05, 0) is 42.7 Å². The lowest BCUT2D eigenvalue weighted by Gasteiger charge is -2.31. The molecule has 3 rings (SSSR count). The van der Waals surface area contributed by atoms with Gasteiger partial charge in [0.05, 0.1) is 0 Å². The van der Waals surface area contributed by atoms with Crippen LogP contribution in [0.5, 0.6) is 5.75 Å². The van der Waals surface area contributed by atoms with Crippen molar-refractivity contribution in [3.05, 3.63) is 60.2 Å². The highest BCUT2D eigenvalue weighted by Gasteiger charge is 2.26. The Kier molecular flexibility index (Phi) is 6.47. The van der Waals surface area contributed by atoms with E-state index in [1.54, 1.807) is 0 Å². The SMILES string of the molecule is CCC(=O)N1CCC(C(=O)Nc2ccc(OCc3ccccc3)cc2)CC1. The number of likely N-dealkylation sites (tertiary alicyclic amines) is 1. The van der Waals surface area contributed by atoms with E-state index in [1.165, 1.54) is 0 Å². The lowest BCUT2D eigenvalue weighted by atomic mass is 9.95. The van der Waals surface area contributed by atoms with E-state index in [1.807, 2.05) is 66.4 Å². The number of rotatable bonds is 6. The van der Waals surface area contributed by atoms with Gasteiger partial charge in [-0.3, -0.25) is 9.59 Å². The van der Waals surface area contributed by atoms with Gasteiger partial charge < -0.3 is 15.0 Å². The first-order valence-corrected chi connectivity index (χ1v) is 9.51. The maximum Gasteiger partial charge on any atom is 0.227 e. The topological polar surface area (TPSA) is 58.6 Å². The highest BCUT2D eigenvalue weighted by Crippen LogP contribution is 2.22. The zero-order chi connectivity index (χ0) is 19.1. The predicted molar refractivity (Wildman–Crippen MR) is 105 cm³/mol. The minimum atomic E-state index is -0.0417. The third kappa shape index (κ3) is 5.33. The molecule has 1 N–H and O–H groups in total. The first kappa shape index (κ1) is 19.0. The first-order chi connectivity index (χ1) is 13.2. The average Bonchev–Trinajstić information content (AvgIpc) is 2.73. The smallest absolute Gasteiger partial charge is 0.227 e. The fourth-order valence-corrected chi connectivity index (χ4v) is 3.23. The second kappa shape index (κ2) is 9.21. The third-order valence-corrected chi connectivity index (χ3v) is 4.89. The van der Waals surface area contributed by atoms with Crippen LogP contribution in [-0.4, -0.2) is 29.8 Å². The van der Waals surface area contributed by atoms with Crippen LogP contribution in [0.1, 0.15) is 31.7 Å². The predicted octanol–water partition coefficient (Wildman–Crippen LogP) is 3.85. The molecule has 1 heterocycles. The van der Waals surface area contributed by atoms with E-state index in [0.29, 0.717) is 26.1 Å². The number of piperidine rings is 1. The summed E-state index contributed by atoms with van der Waals surface area (Å²) in [6.07, 6.45) is 1.96. The Hall–Kier alpha value is -2.82. The molecule has 0 unspecified atom stereocenters. The van der Waals surface area contributed by atoms with Crippen LogP contribution in [0, 0.1) is 5.92 Å². The molecule has 27 heavy (non-hydrogen) atoms. The van der Waals surface area contributed by atoms with Crippen molar-refractivity contribution in [2.45, 2.75) is 32.8 Å². The summed E-state index contributed by atoms with van der Waals surface area (Å²) in [5.41, 5.74) is 1.88. The molecule has 0 saturated carbocycles. The number of ether oxygens (including phenoxy) is 1. The summed E-state index contributed by atoms with van der Waals surface area (Å²) in [5, 5.41) is 2.97. The van der Waals surface area contributed by atoms with Gasteiger partial charge in [0.1, 0.15) is 12.4 Å². The lowest BCUT2D eigenvalue weighted by Crippen LogP contribution is -2.41. The fourth-order valence-electron chi connectivity index (χ4n) is 3.23. The Balaban J connectivity index is 1.47. The van der Waals surface area contributed by atoms with Crippen LogP contribution >= 0.6 is 0 Å². The number of hydrogen-bond donors (Lipinski definition) is 1. The van der Waals surface area contributed by atoms with E-state index in [4.69, 9.17) is 4.74 Å². The monoisotopic (exact) mass is 366 g/mol. The van der Waals surface area contributed by atoms with Crippen molar-refractivity contribution in [1.29, 1.82) is 0 Å². The number of nitrogens with zero attached hydrogens (tertiary/aromatic N) is 1. The number of hydrogen-bond acceptors (Lipinski definition) is 3. The Morgan fingerprint density at radius 2 is 1.70 bits per heavy atom. The minimum Gasteiger partial charge on any atom is -0.489 e. The van der Waals surface area contributed by atoms with Gasteiger partial charge in [-0.2, -0.15) is 0 Å². The second-order valence-corrected chi connectivity index (χ2v) is 6.80. The molecule has 0 atom stereocenters. The van der Waals surface area contributed by atoms with E-state index in [0.717, 1.165) is 29.8 Å². The molecule has 142 valence electrons. The summed E-state index contributed by atoms with van der Waals surface area (Å²) in [4.78, 5) is 26.0. The van der Waals surface area contributed by atoms with Crippen molar-refractivity contribution < 1.29 is 14.3 Å². The summed E-state index contributed by atoms with van der Waals surface area (Å²) in [5.74, 6) is 0.916. The Morgan fingerprint density at radius 3 is 2.33 bits per heavy atom. The number of amides is 2. The summed E-state index contributed by atoms with van der Waals surface area (Å²) in [7, 11) is 0. The molecule has 1 saturated heterocycles. The van der Waals surface area contributed by atoms with Crippen molar-refractivity contribution in [2.24, 2.45) is 5.92 Å². The number of nitrogens with one attached hydrogen (secondary N) is 1. The molecule has 1 fully saturated rings. The van der Waals surface area contributed by atoms with Crippen LogP contribution in [0.2, 0.25) is 0 Å². The van der Waals surface area contributed by atoms with E-state index < -0.39 is 0 Å². The second-order valence-electron chi connectivity index (χ2n) is 6.80. The van der Waals surface area contributed by atoms with Gasteiger partial charge in [0.15, 0.2) is 0 Å². The van der Waals surface area contributed by atoms with Crippen LogP contribution in [0.4, 0.5) is 5.69 Å². The maximum atomic E-state index is 12.5. The van der Waals surface area contributed by atoms with Crippen LogP contribution < -0.4 is 10.1 Å². The molecule has 5 nitrogen and oxygen atoms in total. The maximum absolute atomic E-state index is 12.5. The largest absolute Gasteiger partial charge is 0.489 e. The van der Waals surface area contributed by atoms with Gasteiger partial charge in [-0.25, -0.2) is 0 Å². The highest BCUT2D eigenvalue weighted by molar-refractivity contribution is 5.92. The molecule has 0 aliphatic carbocycles. The molecule has 1 aliphatic heterocycles. The third-order valence-electron chi connectivity index (χ3n) is 4.89. The molecule has 0 spiro atoms. The summed E-state index contributed by atoms with van der Waals surface area (Å²) < 4.78 is 5.76. The van der Waals surface area contributed by atoms with Crippen molar-refractivity contribution >= 4 is 17.5 Å². The van der Waals surface area contributed by atoms with Crippen molar-refractivity contribution in [3.8, 4) is 5.75 Å². The molecule has 0 radical (unpaired) electrons. The number of benzene rings is 2. The van der Waals surface area contributed by atoms with Crippen LogP contribution in [-0.2, 0) is 16.2 Å². The van der Waals surface area contributed by atoms with Gasteiger partial charge in [-0.1, -0.05) is 37.3 Å². The van der Waals surface area contributed by atoms with E-state index in [2.05, 4.69) is 5.32 Å². The first-order valence-electron chi connectivity index (χ1n) is 9.51. The average molecular weight is 366 g/mol. The van der Waals surface area contributed by atoms with Gasteiger partial charge in [-0.15, -0.1) is 0 Å². The molecule has 0 bridgehead atoms. The standard InChI is InChI=1S/C22H26N2O3/c1-2-21(25)24-14-12-18(13-15-24)22(26)23-19-8-10-20(11-9-19)27-16-17-6-4-3-5-7-17/h3-11,18H,2,12-16H2,1H3,(H,23,26). The zero-order valence-corrected chi connectivity index (χ0v) is 15.7. The number of carbonyl (C=O) groups is 2. The molecule has 5 heteroatoms. The van der Waals surface area contributed by atoms with Crippen molar-refractivity contribution in [1.82, 2.24) is 4.90 Å². The molecule has 2 aromatic rings. The molecule has 1 aliphatic rings. The van der Waals surface area contributed by atoms with Gasteiger partial charge in [0.2, 0.25) is 11.8 Å². The molecule has 2 aromatic carbocycles. The van der Waals surface area contributed by atoms with E-state index in [-0.39, 0.29) is 17.7 Å².